The van der Waals surface area contributed by atoms with E-state index in [-0.39, 0.29) is 24.0 Å². The topological polar surface area (TPSA) is 134 Å². The normalized spacial score (nSPS) is 19.1. The Hall–Kier alpha value is -2.82. The van der Waals surface area contributed by atoms with Gasteiger partial charge in [0.15, 0.2) is 0 Å². The summed E-state index contributed by atoms with van der Waals surface area (Å²) in [4.78, 5) is 11.8. The molecular formula is C25H34N2O7S. The second kappa shape index (κ2) is 12.2. The number of rotatable bonds is 11. The molecule has 0 radical (unpaired) electrons. The van der Waals surface area contributed by atoms with Crippen molar-refractivity contribution in [3.05, 3.63) is 53.6 Å². The summed E-state index contributed by atoms with van der Waals surface area (Å²) in [6.07, 6.45) is 4.25. The number of anilines is 1. The average molecular weight is 507 g/mol. The number of hydrogen-bond acceptors (Lipinski definition) is 8. The van der Waals surface area contributed by atoms with Gasteiger partial charge in [0.2, 0.25) is 10.0 Å². The highest BCUT2D eigenvalue weighted by molar-refractivity contribution is 7.92. The van der Waals surface area contributed by atoms with Crippen molar-refractivity contribution < 1.29 is 32.9 Å². The van der Waals surface area contributed by atoms with Crippen molar-refractivity contribution in [2.45, 2.75) is 50.7 Å². The van der Waals surface area contributed by atoms with Gasteiger partial charge < -0.3 is 25.0 Å². The van der Waals surface area contributed by atoms with Gasteiger partial charge in [-0.25, -0.2) is 13.2 Å². The van der Waals surface area contributed by atoms with Crippen LogP contribution in [0.3, 0.4) is 0 Å². The lowest BCUT2D eigenvalue weighted by atomic mass is 9.81. The molecule has 0 amide bonds. The average Bonchev–Trinajstić information content (AvgIpc) is 2.83. The van der Waals surface area contributed by atoms with Crippen LogP contribution in [-0.2, 0) is 14.8 Å². The second-order valence-corrected chi connectivity index (χ2v) is 10.6. The first-order chi connectivity index (χ1) is 16.6. The van der Waals surface area contributed by atoms with E-state index in [0.29, 0.717) is 36.4 Å². The number of ether oxygens (including phenoxy) is 2. The molecule has 9 nitrogen and oxygen atoms in total. The summed E-state index contributed by atoms with van der Waals surface area (Å²) in [7, 11) is -3.54. The molecule has 2 aromatic carbocycles. The number of aliphatic hydroxyl groups is 1. The van der Waals surface area contributed by atoms with Crippen LogP contribution < -0.4 is 14.8 Å². The molecule has 1 aliphatic rings. The lowest BCUT2D eigenvalue weighted by Gasteiger charge is -2.30. The van der Waals surface area contributed by atoms with E-state index >= 15 is 0 Å². The van der Waals surface area contributed by atoms with Gasteiger partial charge in [0, 0.05) is 18.7 Å². The number of aromatic hydroxyl groups is 1. The van der Waals surface area contributed by atoms with Gasteiger partial charge in [0.25, 0.3) is 0 Å². The van der Waals surface area contributed by atoms with Gasteiger partial charge in [-0.05, 0) is 68.4 Å². The van der Waals surface area contributed by atoms with Gasteiger partial charge in [-0.3, -0.25) is 4.72 Å². The van der Waals surface area contributed by atoms with Crippen molar-refractivity contribution in [2.24, 2.45) is 0 Å². The van der Waals surface area contributed by atoms with Crippen LogP contribution in [0.15, 0.2) is 42.5 Å². The van der Waals surface area contributed by atoms with E-state index in [1.54, 1.807) is 6.92 Å². The second-order valence-electron chi connectivity index (χ2n) is 8.82. The van der Waals surface area contributed by atoms with Gasteiger partial charge in [0.05, 0.1) is 24.1 Å². The third kappa shape index (κ3) is 8.41. The smallest absolute Gasteiger partial charge is 0.338 e. The predicted octanol–water partition coefficient (Wildman–Crippen LogP) is 3.00. The molecule has 0 aromatic heterocycles. The van der Waals surface area contributed by atoms with Crippen LogP contribution >= 0.6 is 0 Å². The molecule has 192 valence electrons. The van der Waals surface area contributed by atoms with Crippen molar-refractivity contribution in [3.63, 3.8) is 0 Å². The van der Waals surface area contributed by atoms with Gasteiger partial charge in [-0.15, -0.1) is 0 Å². The van der Waals surface area contributed by atoms with Crippen molar-refractivity contribution in [2.75, 3.05) is 30.7 Å². The predicted molar refractivity (Wildman–Crippen MR) is 133 cm³/mol. The molecule has 1 atom stereocenters. The highest BCUT2D eigenvalue weighted by atomic mass is 32.2. The standard InChI is InChI=1S/C25H34N2O7S/c1-3-33-25(30)19-6-4-17(5-7-19)18-8-10-20(11-9-18)26-15-21(28)16-34-22-12-13-24(29)23(14-22)27-35(2,31)32/h4-7,12-14,18,20-21,26-29H,3,8-11,15-16H2,1-2H3/t18-,20+,21-/m0/s1. The molecule has 3 rings (SSSR count). The van der Waals surface area contributed by atoms with E-state index in [0.717, 1.165) is 31.9 Å². The van der Waals surface area contributed by atoms with Crippen molar-refractivity contribution in [1.29, 1.82) is 0 Å². The molecule has 2 aromatic rings. The third-order valence-electron chi connectivity index (χ3n) is 5.97. The molecule has 0 spiro atoms. The summed E-state index contributed by atoms with van der Waals surface area (Å²) in [6.45, 7) is 2.55. The van der Waals surface area contributed by atoms with E-state index in [4.69, 9.17) is 9.47 Å². The maximum Gasteiger partial charge on any atom is 0.338 e. The zero-order chi connectivity index (χ0) is 25.4. The van der Waals surface area contributed by atoms with E-state index in [1.807, 2.05) is 24.3 Å². The molecule has 10 heteroatoms. The number of aliphatic hydroxyl groups excluding tert-OH is 1. The Kier molecular flexibility index (Phi) is 9.36. The Balaban J connectivity index is 1.40. The number of benzene rings is 2. The number of phenols is 1. The molecule has 1 fully saturated rings. The lowest BCUT2D eigenvalue weighted by Crippen LogP contribution is -2.39. The fraction of sp³-hybridized carbons (Fsp3) is 0.480. The van der Waals surface area contributed by atoms with E-state index in [2.05, 4.69) is 10.0 Å². The van der Waals surface area contributed by atoms with E-state index < -0.39 is 16.1 Å². The lowest BCUT2D eigenvalue weighted by molar-refractivity contribution is 0.0526. The molecule has 0 heterocycles. The Labute approximate surface area is 206 Å². The minimum Gasteiger partial charge on any atom is -0.506 e. The minimum absolute atomic E-state index is 0.0184. The van der Waals surface area contributed by atoms with Gasteiger partial charge >= 0.3 is 5.97 Å². The summed E-state index contributed by atoms with van der Waals surface area (Å²) in [6, 6.07) is 12.2. The number of carbonyl (C=O) groups is 1. The summed E-state index contributed by atoms with van der Waals surface area (Å²) in [5.74, 6) is 0.269. The van der Waals surface area contributed by atoms with Gasteiger partial charge in [0.1, 0.15) is 24.2 Å². The number of nitrogens with one attached hydrogen (secondary N) is 2. The molecule has 1 aliphatic carbocycles. The van der Waals surface area contributed by atoms with Crippen molar-refractivity contribution >= 4 is 21.7 Å². The highest BCUT2D eigenvalue weighted by Gasteiger charge is 2.23. The fourth-order valence-corrected chi connectivity index (χ4v) is 4.74. The SMILES string of the molecule is CCOC(=O)c1ccc([C@H]2CC[C@@H](NC[C@H](O)COc3ccc(O)c(NS(C)(=O)=O)c3)CC2)cc1. The molecule has 0 saturated heterocycles. The number of sulfonamides is 1. The van der Waals surface area contributed by atoms with Crippen LogP contribution in [0.5, 0.6) is 11.5 Å². The Morgan fingerprint density at radius 2 is 1.80 bits per heavy atom. The largest absolute Gasteiger partial charge is 0.506 e. The zero-order valence-corrected chi connectivity index (χ0v) is 20.9. The molecule has 4 N–H and O–H groups in total. The van der Waals surface area contributed by atoms with Crippen molar-refractivity contribution in [3.8, 4) is 11.5 Å². The first-order valence-electron chi connectivity index (χ1n) is 11.8. The van der Waals surface area contributed by atoms with Gasteiger partial charge in [-0.2, -0.15) is 0 Å². The number of esters is 1. The van der Waals surface area contributed by atoms with E-state index in [1.165, 1.54) is 23.8 Å². The first-order valence-corrected chi connectivity index (χ1v) is 13.7. The Morgan fingerprint density at radius 1 is 1.11 bits per heavy atom. The van der Waals surface area contributed by atoms with E-state index in [9.17, 15) is 23.4 Å². The summed E-state index contributed by atoms with van der Waals surface area (Å²) >= 11 is 0. The monoisotopic (exact) mass is 506 g/mol. The van der Waals surface area contributed by atoms with Crippen LogP contribution in [0, 0.1) is 0 Å². The number of hydrogen-bond donors (Lipinski definition) is 4. The molecular weight excluding hydrogens is 472 g/mol. The molecule has 0 unspecified atom stereocenters. The Bertz CT molecular complexity index is 1080. The van der Waals surface area contributed by atoms with Crippen molar-refractivity contribution in [1.82, 2.24) is 5.32 Å². The quantitative estimate of drug-likeness (QED) is 0.270. The number of carbonyl (C=O) groups excluding carboxylic acids is 1. The van der Waals surface area contributed by atoms with Crippen LogP contribution in [-0.4, -0.2) is 62.8 Å². The fourth-order valence-electron chi connectivity index (χ4n) is 4.18. The summed E-state index contributed by atoms with van der Waals surface area (Å²) in [5, 5.41) is 23.5. The van der Waals surface area contributed by atoms with Crippen LogP contribution in [0.1, 0.15) is 54.4 Å². The third-order valence-corrected chi connectivity index (χ3v) is 6.56. The maximum absolute atomic E-state index is 11.8. The first kappa shape index (κ1) is 26.8. The van der Waals surface area contributed by atoms with Crippen LogP contribution in [0.4, 0.5) is 5.69 Å². The van der Waals surface area contributed by atoms with Crippen LogP contribution in [0.2, 0.25) is 0 Å². The summed E-state index contributed by atoms with van der Waals surface area (Å²) in [5.41, 5.74) is 1.81. The Morgan fingerprint density at radius 3 is 2.43 bits per heavy atom. The zero-order valence-electron chi connectivity index (χ0n) is 20.1. The molecule has 35 heavy (non-hydrogen) atoms. The van der Waals surface area contributed by atoms with Gasteiger partial charge in [-0.1, -0.05) is 12.1 Å². The molecule has 0 bridgehead atoms. The molecule has 1 saturated carbocycles. The number of phenolic OH excluding ortho intramolecular Hbond substituents is 1. The minimum atomic E-state index is -3.54. The summed E-state index contributed by atoms with van der Waals surface area (Å²) < 4.78 is 35.6. The maximum atomic E-state index is 11.8. The highest BCUT2D eigenvalue weighted by Crippen LogP contribution is 2.33. The van der Waals surface area contributed by atoms with Crippen LogP contribution in [0.25, 0.3) is 0 Å². The molecule has 0 aliphatic heterocycles.